The molecular weight excluding hydrogens is 258 g/mol. The Balaban J connectivity index is 1.92. The number of aryl methyl sites for hydroxylation is 3. The number of hydrogen-bond acceptors (Lipinski definition) is 2. The second kappa shape index (κ2) is 5.60. The fourth-order valence-electron chi connectivity index (χ4n) is 2.83. The third kappa shape index (κ3) is 2.51. The van der Waals surface area contributed by atoms with Gasteiger partial charge < -0.3 is 5.32 Å². The summed E-state index contributed by atoms with van der Waals surface area (Å²) in [5.41, 5.74) is 6.07. The third-order valence-corrected chi connectivity index (χ3v) is 3.95. The second-order valence-electron chi connectivity index (χ2n) is 5.40. The first kappa shape index (κ1) is 13.7. The van der Waals surface area contributed by atoms with Gasteiger partial charge in [0.2, 0.25) is 0 Å². The van der Waals surface area contributed by atoms with E-state index in [1.54, 1.807) is 0 Å². The Labute approximate surface area is 125 Å². The molecular formula is C18H21N3. The molecule has 0 atom stereocenters. The van der Waals surface area contributed by atoms with Gasteiger partial charge in [-0.25, -0.2) is 0 Å². The van der Waals surface area contributed by atoms with Gasteiger partial charge in [0.25, 0.3) is 0 Å². The highest BCUT2D eigenvalue weighted by Gasteiger charge is 2.09. The third-order valence-electron chi connectivity index (χ3n) is 3.95. The molecule has 0 saturated heterocycles. The van der Waals surface area contributed by atoms with Gasteiger partial charge in [-0.15, -0.1) is 0 Å². The van der Waals surface area contributed by atoms with Crippen LogP contribution in [0.5, 0.6) is 0 Å². The molecule has 0 aliphatic heterocycles. The minimum Gasteiger partial charge on any atom is -0.379 e. The SMILES string of the molecule is CCn1nc(CNc2c(C)cccc2C)c2ccccc21. The molecule has 3 heteroatoms. The summed E-state index contributed by atoms with van der Waals surface area (Å²) in [5.74, 6) is 0. The van der Waals surface area contributed by atoms with E-state index in [0.29, 0.717) is 0 Å². The van der Waals surface area contributed by atoms with Crippen LogP contribution in [0, 0.1) is 13.8 Å². The quantitative estimate of drug-likeness (QED) is 0.772. The Bertz CT molecular complexity index is 751. The van der Waals surface area contributed by atoms with Crippen LogP contribution < -0.4 is 5.32 Å². The van der Waals surface area contributed by atoms with E-state index in [1.807, 2.05) is 0 Å². The Morgan fingerprint density at radius 2 is 1.71 bits per heavy atom. The van der Waals surface area contributed by atoms with E-state index in [0.717, 1.165) is 18.8 Å². The summed E-state index contributed by atoms with van der Waals surface area (Å²) in [7, 11) is 0. The van der Waals surface area contributed by atoms with Crippen LogP contribution in [0.3, 0.4) is 0 Å². The lowest BCUT2D eigenvalue weighted by Crippen LogP contribution is -2.05. The van der Waals surface area contributed by atoms with Crippen molar-refractivity contribution in [2.75, 3.05) is 5.32 Å². The fraction of sp³-hybridized carbons (Fsp3) is 0.278. The monoisotopic (exact) mass is 279 g/mol. The Morgan fingerprint density at radius 3 is 2.43 bits per heavy atom. The largest absolute Gasteiger partial charge is 0.379 e. The van der Waals surface area contributed by atoms with Gasteiger partial charge in [0.15, 0.2) is 0 Å². The van der Waals surface area contributed by atoms with Crippen LogP contribution in [0.1, 0.15) is 23.7 Å². The molecule has 108 valence electrons. The number of nitrogens with zero attached hydrogens (tertiary/aromatic N) is 2. The van der Waals surface area contributed by atoms with Crippen LogP contribution >= 0.6 is 0 Å². The summed E-state index contributed by atoms with van der Waals surface area (Å²) in [4.78, 5) is 0. The minimum absolute atomic E-state index is 0.749. The number of hydrogen-bond donors (Lipinski definition) is 1. The predicted molar refractivity (Wildman–Crippen MR) is 88.6 cm³/mol. The lowest BCUT2D eigenvalue weighted by atomic mass is 10.1. The normalized spacial score (nSPS) is 11.0. The minimum atomic E-state index is 0.749. The number of para-hydroxylation sites is 2. The molecule has 2 aromatic carbocycles. The van der Waals surface area contributed by atoms with Gasteiger partial charge in [-0.2, -0.15) is 5.10 Å². The molecule has 0 spiro atoms. The summed E-state index contributed by atoms with van der Waals surface area (Å²) in [5, 5.41) is 9.52. The number of aromatic nitrogens is 2. The van der Waals surface area contributed by atoms with Crippen LogP contribution in [0.15, 0.2) is 42.5 Å². The lowest BCUT2D eigenvalue weighted by molar-refractivity contribution is 0.671. The summed E-state index contributed by atoms with van der Waals surface area (Å²) in [6, 6.07) is 14.8. The number of fused-ring (bicyclic) bond motifs is 1. The van der Waals surface area contributed by atoms with Crippen LogP contribution in [-0.2, 0) is 13.1 Å². The van der Waals surface area contributed by atoms with Crippen molar-refractivity contribution in [3.8, 4) is 0 Å². The number of nitrogens with one attached hydrogen (secondary N) is 1. The molecule has 0 bridgehead atoms. The average Bonchev–Trinajstić information content (AvgIpc) is 2.85. The van der Waals surface area contributed by atoms with E-state index in [2.05, 4.69) is 73.2 Å². The van der Waals surface area contributed by atoms with Gasteiger partial charge in [-0.05, 0) is 38.0 Å². The predicted octanol–water partition coefficient (Wildman–Crippen LogP) is 4.29. The second-order valence-corrected chi connectivity index (χ2v) is 5.40. The molecule has 21 heavy (non-hydrogen) atoms. The van der Waals surface area contributed by atoms with Crippen molar-refractivity contribution >= 4 is 16.6 Å². The van der Waals surface area contributed by atoms with Crippen molar-refractivity contribution in [2.45, 2.75) is 33.9 Å². The molecule has 0 aliphatic rings. The van der Waals surface area contributed by atoms with Crippen molar-refractivity contribution in [3.05, 3.63) is 59.3 Å². The first-order valence-corrected chi connectivity index (χ1v) is 7.45. The van der Waals surface area contributed by atoms with E-state index in [4.69, 9.17) is 5.10 Å². The number of rotatable bonds is 4. The zero-order valence-corrected chi connectivity index (χ0v) is 12.9. The number of benzene rings is 2. The van der Waals surface area contributed by atoms with Crippen LogP contribution in [0.2, 0.25) is 0 Å². The van der Waals surface area contributed by atoms with E-state index in [-0.39, 0.29) is 0 Å². The molecule has 0 amide bonds. The smallest absolute Gasteiger partial charge is 0.0894 e. The van der Waals surface area contributed by atoms with E-state index < -0.39 is 0 Å². The van der Waals surface area contributed by atoms with E-state index in [9.17, 15) is 0 Å². The maximum atomic E-state index is 4.74. The summed E-state index contributed by atoms with van der Waals surface area (Å²) < 4.78 is 2.07. The molecule has 0 saturated carbocycles. The van der Waals surface area contributed by atoms with Crippen molar-refractivity contribution in [1.29, 1.82) is 0 Å². The highest BCUT2D eigenvalue weighted by molar-refractivity contribution is 5.82. The molecule has 1 heterocycles. The molecule has 3 nitrogen and oxygen atoms in total. The lowest BCUT2D eigenvalue weighted by Gasteiger charge is -2.11. The fourth-order valence-corrected chi connectivity index (χ4v) is 2.83. The van der Waals surface area contributed by atoms with Gasteiger partial charge in [0.05, 0.1) is 17.8 Å². The molecule has 3 aromatic rings. The van der Waals surface area contributed by atoms with Crippen molar-refractivity contribution in [1.82, 2.24) is 9.78 Å². The Morgan fingerprint density at radius 1 is 1.00 bits per heavy atom. The highest BCUT2D eigenvalue weighted by Crippen LogP contribution is 2.23. The zero-order valence-electron chi connectivity index (χ0n) is 12.9. The molecule has 0 radical (unpaired) electrons. The summed E-state index contributed by atoms with van der Waals surface area (Å²) in [6.07, 6.45) is 0. The molecule has 3 rings (SSSR count). The molecule has 0 aliphatic carbocycles. The molecule has 0 fully saturated rings. The van der Waals surface area contributed by atoms with Gasteiger partial charge in [0.1, 0.15) is 0 Å². The van der Waals surface area contributed by atoms with Crippen molar-refractivity contribution in [3.63, 3.8) is 0 Å². The maximum absolute atomic E-state index is 4.74. The van der Waals surface area contributed by atoms with E-state index >= 15 is 0 Å². The van der Waals surface area contributed by atoms with Gasteiger partial charge in [-0.1, -0.05) is 36.4 Å². The van der Waals surface area contributed by atoms with Crippen molar-refractivity contribution in [2.24, 2.45) is 0 Å². The van der Waals surface area contributed by atoms with Crippen molar-refractivity contribution < 1.29 is 0 Å². The van der Waals surface area contributed by atoms with Crippen LogP contribution in [0.25, 0.3) is 10.9 Å². The maximum Gasteiger partial charge on any atom is 0.0894 e. The molecule has 1 aromatic heterocycles. The molecule has 1 N–H and O–H groups in total. The summed E-state index contributed by atoms with van der Waals surface area (Å²) in [6.45, 7) is 8.04. The molecule has 0 unspecified atom stereocenters. The Hall–Kier alpha value is -2.29. The first-order chi connectivity index (χ1) is 10.2. The van der Waals surface area contributed by atoms with Gasteiger partial charge in [0, 0.05) is 17.6 Å². The Kier molecular flexibility index (Phi) is 3.65. The summed E-state index contributed by atoms with van der Waals surface area (Å²) >= 11 is 0. The van der Waals surface area contributed by atoms with Crippen LogP contribution in [-0.4, -0.2) is 9.78 Å². The number of anilines is 1. The first-order valence-electron chi connectivity index (χ1n) is 7.45. The standard InChI is InChI=1S/C18H21N3/c1-4-21-17-11-6-5-10-15(17)16(20-21)12-19-18-13(2)8-7-9-14(18)3/h5-11,19H,4,12H2,1-3H3. The average molecular weight is 279 g/mol. The van der Waals surface area contributed by atoms with Gasteiger partial charge in [-0.3, -0.25) is 4.68 Å². The van der Waals surface area contributed by atoms with E-state index in [1.165, 1.54) is 27.7 Å². The highest BCUT2D eigenvalue weighted by atomic mass is 15.3. The van der Waals surface area contributed by atoms with Crippen LogP contribution in [0.4, 0.5) is 5.69 Å². The zero-order chi connectivity index (χ0) is 14.8. The van der Waals surface area contributed by atoms with Gasteiger partial charge >= 0.3 is 0 Å². The topological polar surface area (TPSA) is 29.9 Å².